The van der Waals surface area contributed by atoms with Gasteiger partial charge < -0.3 is 19.7 Å². The number of rotatable bonds is 8. The molecule has 0 unspecified atom stereocenters. The van der Waals surface area contributed by atoms with Gasteiger partial charge in [0.05, 0.1) is 23.7 Å². The molecule has 0 spiro atoms. The van der Waals surface area contributed by atoms with Crippen molar-refractivity contribution >= 4 is 34.8 Å². The molecule has 1 saturated heterocycles. The summed E-state index contributed by atoms with van der Waals surface area (Å²) < 4.78 is 10.5. The van der Waals surface area contributed by atoms with E-state index >= 15 is 0 Å². The van der Waals surface area contributed by atoms with Crippen molar-refractivity contribution < 1.29 is 23.9 Å². The first-order valence-corrected chi connectivity index (χ1v) is 10.2. The third-order valence-corrected chi connectivity index (χ3v) is 5.52. The Hall–Kier alpha value is -2.78. The van der Waals surface area contributed by atoms with Gasteiger partial charge in [-0.15, -0.1) is 11.3 Å². The van der Waals surface area contributed by atoms with Crippen LogP contribution in [0.4, 0.5) is 5.82 Å². The SMILES string of the molecule is CC(=O)NCCc1ccc(C(=O)COC(=O)c2ccc(N3CCOCC3)nc2)s1. The van der Waals surface area contributed by atoms with Crippen molar-refractivity contribution in [1.82, 2.24) is 10.3 Å². The van der Waals surface area contributed by atoms with E-state index in [0.717, 1.165) is 23.8 Å². The van der Waals surface area contributed by atoms with E-state index in [2.05, 4.69) is 15.2 Å². The summed E-state index contributed by atoms with van der Waals surface area (Å²) in [6.45, 7) is 4.50. The number of ketones is 1. The molecule has 1 N–H and O–H groups in total. The Morgan fingerprint density at radius 3 is 2.69 bits per heavy atom. The van der Waals surface area contributed by atoms with Crippen LogP contribution in [-0.2, 0) is 20.7 Å². The van der Waals surface area contributed by atoms with Crippen LogP contribution in [0.25, 0.3) is 0 Å². The highest BCUT2D eigenvalue weighted by atomic mass is 32.1. The van der Waals surface area contributed by atoms with E-state index in [-0.39, 0.29) is 18.3 Å². The van der Waals surface area contributed by atoms with E-state index in [0.29, 0.717) is 36.6 Å². The molecule has 2 aromatic heterocycles. The van der Waals surface area contributed by atoms with E-state index in [4.69, 9.17) is 9.47 Å². The minimum atomic E-state index is -0.582. The van der Waals surface area contributed by atoms with Crippen molar-refractivity contribution in [2.24, 2.45) is 0 Å². The zero-order valence-electron chi connectivity index (χ0n) is 16.2. The Bertz CT molecular complexity index is 859. The molecule has 0 atom stereocenters. The molecule has 1 fully saturated rings. The molecule has 1 amide bonds. The van der Waals surface area contributed by atoms with Crippen LogP contribution in [0.5, 0.6) is 0 Å². The molecule has 29 heavy (non-hydrogen) atoms. The number of carbonyl (C=O) groups excluding carboxylic acids is 3. The first kappa shape index (κ1) is 20.9. The third-order valence-electron chi connectivity index (χ3n) is 4.33. The molecule has 3 heterocycles. The van der Waals surface area contributed by atoms with E-state index in [1.165, 1.54) is 24.5 Å². The second-order valence-electron chi connectivity index (χ2n) is 6.50. The van der Waals surface area contributed by atoms with Gasteiger partial charge in [-0.3, -0.25) is 9.59 Å². The van der Waals surface area contributed by atoms with Crippen molar-refractivity contribution in [3.05, 3.63) is 45.8 Å². The third kappa shape index (κ3) is 6.10. The number of hydrogen-bond donors (Lipinski definition) is 1. The molecule has 154 valence electrons. The van der Waals surface area contributed by atoms with Crippen LogP contribution in [0.15, 0.2) is 30.5 Å². The van der Waals surface area contributed by atoms with Crippen molar-refractivity contribution in [3.8, 4) is 0 Å². The Kier molecular flexibility index (Phi) is 7.31. The molecule has 1 aliphatic rings. The van der Waals surface area contributed by atoms with Crippen LogP contribution in [0.1, 0.15) is 31.8 Å². The fraction of sp³-hybridized carbons (Fsp3) is 0.400. The molecule has 3 rings (SSSR count). The van der Waals surface area contributed by atoms with Crippen molar-refractivity contribution in [2.45, 2.75) is 13.3 Å². The molecule has 8 nitrogen and oxygen atoms in total. The number of morpholine rings is 1. The number of carbonyl (C=O) groups is 3. The molecule has 2 aromatic rings. The average Bonchev–Trinajstić information content (AvgIpc) is 3.21. The number of hydrogen-bond acceptors (Lipinski definition) is 8. The lowest BCUT2D eigenvalue weighted by Crippen LogP contribution is -2.36. The van der Waals surface area contributed by atoms with Gasteiger partial charge in [-0.25, -0.2) is 9.78 Å². The molecule has 0 aliphatic carbocycles. The number of Topliss-reactive ketones (excluding diaryl/α,β-unsaturated/α-hetero) is 1. The number of ether oxygens (including phenoxy) is 2. The molecular weight excluding hydrogens is 394 g/mol. The van der Waals surface area contributed by atoms with Gasteiger partial charge in [-0.05, 0) is 30.7 Å². The largest absolute Gasteiger partial charge is 0.454 e. The molecule has 0 bridgehead atoms. The normalized spacial score (nSPS) is 13.8. The summed E-state index contributed by atoms with van der Waals surface area (Å²) in [6.07, 6.45) is 2.11. The Labute approximate surface area is 172 Å². The van der Waals surface area contributed by atoms with E-state index in [9.17, 15) is 14.4 Å². The van der Waals surface area contributed by atoms with Gasteiger partial charge in [-0.1, -0.05) is 0 Å². The fourth-order valence-corrected chi connectivity index (χ4v) is 3.73. The lowest BCUT2D eigenvalue weighted by Gasteiger charge is -2.27. The summed E-state index contributed by atoms with van der Waals surface area (Å²) >= 11 is 1.34. The van der Waals surface area contributed by atoms with Gasteiger partial charge in [0.15, 0.2) is 6.61 Å². The van der Waals surface area contributed by atoms with Crippen LogP contribution in [-0.4, -0.2) is 62.1 Å². The molecule has 0 aromatic carbocycles. The molecule has 1 aliphatic heterocycles. The first-order chi connectivity index (χ1) is 14.0. The van der Waals surface area contributed by atoms with Gasteiger partial charge in [0.1, 0.15) is 5.82 Å². The van der Waals surface area contributed by atoms with Crippen LogP contribution in [0.3, 0.4) is 0 Å². The number of thiophene rings is 1. The van der Waals surface area contributed by atoms with Crippen molar-refractivity contribution in [2.75, 3.05) is 44.4 Å². The number of anilines is 1. The number of aromatic nitrogens is 1. The summed E-state index contributed by atoms with van der Waals surface area (Å²) in [7, 11) is 0. The number of esters is 1. The lowest BCUT2D eigenvalue weighted by molar-refractivity contribution is -0.118. The number of nitrogens with zero attached hydrogens (tertiary/aromatic N) is 2. The highest BCUT2D eigenvalue weighted by molar-refractivity contribution is 7.14. The predicted molar refractivity (Wildman–Crippen MR) is 109 cm³/mol. The zero-order chi connectivity index (χ0) is 20.6. The van der Waals surface area contributed by atoms with E-state index in [1.54, 1.807) is 18.2 Å². The van der Waals surface area contributed by atoms with Crippen LogP contribution in [0, 0.1) is 0 Å². The monoisotopic (exact) mass is 417 g/mol. The first-order valence-electron chi connectivity index (χ1n) is 9.35. The summed E-state index contributed by atoms with van der Waals surface area (Å²) in [5, 5.41) is 2.71. The second-order valence-corrected chi connectivity index (χ2v) is 7.67. The van der Waals surface area contributed by atoms with Gasteiger partial charge >= 0.3 is 5.97 Å². The standard InChI is InChI=1S/C20H23N3O5S/c1-14(24)21-7-6-16-3-4-18(29-16)17(25)13-28-20(26)15-2-5-19(22-12-15)23-8-10-27-11-9-23/h2-5,12H,6-11,13H2,1H3,(H,21,24). The predicted octanol–water partition coefficient (Wildman–Crippen LogP) is 1.70. The molecule has 0 radical (unpaired) electrons. The van der Waals surface area contributed by atoms with Crippen LogP contribution in [0.2, 0.25) is 0 Å². The minimum Gasteiger partial charge on any atom is -0.454 e. The maximum absolute atomic E-state index is 12.3. The smallest absolute Gasteiger partial charge is 0.340 e. The van der Waals surface area contributed by atoms with Crippen LogP contribution < -0.4 is 10.2 Å². The maximum Gasteiger partial charge on any atom is 0.340 e. The van der Waals surface area contributed by atoms with E-state index < -0.39 is 5.97 Å². The Morgan fingerprint density at radius 2 is 2.00 bits per heavy atom. The van der Waals surface area contributed by atoms with Gasteiger partial charge in [0.25, 0.3) is 0 Å². The Morgan fingerprint density at radius 1 is 1.21 bits per heavy atom. The quantitative estimate of drug-likeness (QED) is 0.516. The highest BCUT2D eigenvalue weighted by Crippen LogP contribution is 2.18. The molecule has 0 saturated carbocycles. The zero-order valence-corrected chi connectivity index (χ0v) is 17.0. The van der Waals surface area contributed by atoms with E-state index in [1.807, 2.05) is 6.07 Å². The van der Waals surface area contributed by atoms with Crippen LogP contribution >= 0.6 is 11.3 Å². The van der Waals surface area contributed by atoms with Gasteiger partial charge in [0, 0.05) is 37.6 Å². The summed E-state index contributed by atoms with van der Waals surface area (Å²) in [5.41, 5.74) is 0.303. The maximum atomic E-state index is 12.3. The summed E-state index contributed by atoms with van der Waals surface area (Å²) in [6, 6.07) is 6.97. The van der Waals surface area contributed by atoms with Crippen molar-refractivity contribution in [1.29, 1.82) is 0 Å². The van der Waals surface area contributed by atoms with Gasteiger partial charge in [-0.2, -0.15) is 0 Å². The fourth-order valence-electron chi connectivity index (χ4n) is 2.80. The number of nitrogens with one attached hydrogen (secondary N) is 1. The topological polar surface area (TPSA) is 97.8 Å². The van der Waals surface area contributed by atoms with Crippen molar-refractivity contribution in [3.63, 3.8) is 0 Å². The average molecular weight is 417 g/mol. The second kappa shape index (κ2) is 10.1. The molecular formula is C20H23N3O5S. The minimum absolute atomic E-state index is 0.0859. The number of amides is 1. The lowest BCUT2D eigenvalue weighted by atomic mass is 10.2. The summed E-state index contributed by atoms with van der Waals surface area (Å²) in [4.78, 5) is 43.3. The summed E-state index contributed by atoms with van der Waals surface area (Å²) in [5.74, 6) is -0.141. The highest BCUT2D eigenvalue weighted by Gasteiger charge is 2.16. The Balaban J connectivity index is 1.48. The van der Waals surface area contributed by atoms with Gasteiger partial charge in [0.2, 0.25) is 11.7 Å². The number of pyridine rings is 1. The molecule has 9 heteroatoms.